The van der Waals surface area contributed by atoms with E-state index in [4.69, 9.17) is 11.6 Å². The van der Waals surface area contributed by atoms with Gasteiger partial charge in [-0.3, -0.25) is 14.4 Å². The molecule has 0 aliphatic rings. The molecule has 7 nitrogen and oxygen atoms in total. The van der Waals surface area contributed by atoms with Crippen molar-refractivity contribution in [2.75, 3.05) is 17.2 Å². The average Bonchev–Trinajstić information content (AvgIpc) is 3.19. The molecule has 3 rings (SSSR count). The summed E-state index contributed by atoms with van der Waals surface area (Å²) in [6, 6.07) is 12.3. The maximum atomic E-state index is 13.7. The van der Waals surface area contributed by atoms with Crippen molar-refractivity contribution in [2.24, 2.45) is 0 Å². The van der Waals surface area contributed by atoms with Crippen molar-refractivity contribution in [2.45, 2.75) is 26.3 Å². The van der Waals surface area contributed by atoms with Crippen molar-refractivity contribution < 1.29 is 18.8 Å². The van der Waals surface area contributed by atoms with Gasteiger partial charge in [-0.1, -0.05) is 35.9 Å². The largest absolute Gasteiger partial charge is 0.327 e. The van der Waals surface area contributed by atoms with Crippen molar-refractivity contribution in [3.05, 3.63) is 76.0 Å². The quantitative estimate of drug-likeness (QED) is 0.484. The summed E-state index contributed by atoms with van der Waals surface area (Å²) < 4.78 is 13.7. The van der Waals surface area contributed by atoms with Crippen LogP contribution in [-0.4, -0.2) is 40.2 Å². The van der Waals surface area contributed by atoms with Crippen molar-refractivity contribution in [3.8, 4) is 0 Å². The van der Waals surface area contributed by atoms with E-state index in [0.29, 0.717) is 21.4 Å². The highest BCUT2D eigenvalue weighted by molar-refractivity contribution is 7.13. The molecule has 1 heterocycles. The fourth-order valence-electron chi connectivity index (χ4n) is 2.96. The molecule has 2 N–H and O–H groups in total. The molecule has 0 saturated heterocycles. The molecule has 172 valence electrons. The lowest BCUT2D eigenvalue weighted by Crippen LogP contribution is -2.42. The predicted molar refractivity (Wildman–Crippen MR) is 127 cm³/mol. The van der Waals surface area contributed by atoms with Crippen LogP contribution >= 0.6 is 22.9 Å². The molecule has 0 bridgehead atoms. The zero-order valence-corrected chi connectivity index (χ0v) is 19.5. The second kappa shape index (κ2) is 11.0. The van der Waals surface area contributed by atoms with Crippen molar-refractivity contribution >= 4 is 51.5 Å². The maximum Gasteiger partial charge on any atom is 0.256 e. The molecule has 0 aliphatic carbocycles. The maximum absolute atomic E-state index is 13.7. The van der Waals surface area contributed by atoms with Crippen LogP contribution < -0.4 is 10.6 Å². The monoisotopic (exact) mass is 488 g/mol. The highest BCUT2D eigenvalue weighted by Crippen LogP contribution is 2.20. The van der Waals surface area contributed by atoms with Crippen LogP contribution in [0.25, 0.3) is 0 Å². The predicted octanol–water partition coefficient (Wildman–Crippen LogP) is 4.61. The van der Waals surface area contributed by atoms with Crippen LogP contribution in [0.5, 0.6) is 0 Å². The van der Waals surface area contributed by atoms with E-state index in [-0.39, 0.29) is 30.6 Å². The Hall–Kier alpha value is -3.30. The summed E-state index contributed by atoms with van der Waals surface area (Å²) in [5.74, 6) is -1.74. The molecule has 3 aromatic rings. The number of amides is 3. The summed E-state index contributed by atoms with van der Waals surface area (Å²) in [6.45, 7) is 3.42. The molecular weight excluding hydrogens is 467 g/mol. The molecule has 33 heavy (non-hydrogen) atoms. The van der Waals surface area contributed by atoms with Gasteiger partial charge in [-0.15, -0.1) is 11.3 Å². The van der Waals surface area contributed by atoms with Gasteiger partial charge in [0.25, 0.3) is 5.91 Å². The fraction of sp³-hybridized carbons (Fsp3) is 0.217. The number of nitrogens with one attached hydrogen (secondary N) is 2. The molecule has 0 radical (unpaired) electrons. The van der Waals surface area contributed by atoms with Crippen molar-refractivity contribution in [1.82, 2.24) is 9.88 Å². The van der Waals surface area contributed by atoms with Gasteiger partial charge in [-0.2, -0.15) is 0 Å². The zero-order chi connectivity index (χ0) is 24.0. The SMILES string of the molecule is CC(C)N(CC(=O)Nc1nc(CC(=O)Nc2ccccc2F)cs1)C(=O)c1ccccc1Cl. The lowest BCUT2D eigenvalue weighted by Gasteiger charge is -2.26. The summed E-state index contributed by atoms with van der Waals surface area (Å²) in [5, 5.41) is 7.38. The van der Waals surface area contributed by atoms with Gasteiger partial charge in [0.15, 0.2) is 5.13 Å². The smallest absolute Gasteiger partial charge is 0.256 e. The number of rotatable bonds is 8. The van der Waals surface area contributed by atoms with E-state index >= 15 is 0 Å². The van der Waals surface area contributed by atoms with Crippen LogP contribution in [0, 0.1) is 5.82 Å². The summed E-state index contributed by atoms with van der Waals surface area (Å²) in [4.78, 5) is 43.2. The van der Waals surface area contributed by atoms with Crippen LogP contribution in [0.15, 0.2) is 53.9 Å². The first-order valence-electron chi connectivity index (χ1n) is 10.1. The van der Waals surface area contributed by atoms with Crippen LogP contribution in [0.2, 0.25) is 5.02 Å². The molecule has 0 atom stereocenters. The Morgan fingerprint density at radius 1 is 1.06 bits per heavy atom. The van der Waals surface area contributed by atoms with E-state index in [1.165, 1.54) is 23.1 Å². The average molecular weight is 489 g/mol. The molecule has 0 spiro atoms. The number of para-hydroxylation sites is 1. The van der Waals surface area contributed by atoms with E-state index in [2.05, 4.69) is 15.6 Å². The third-order valence-corrected chi connectivity index (χ3v) is 5.73. The van der Waals surface area contributed by atoms with Crippen LogP contribution in [0.3, 0.4) is 0 Å². The van der Waals surface area contributed by atoms with Gasteiger partial charge >= 0.3 is 0 Å². The minimum Gasteiger partial charge on any atom is -0.327 e. The number of carbonyl (C=O) groups is 3. The molecular formula is C23H22ClFN4O3S. The first kappa shape index (κ1) is 24.3. The highest BCUT2D eigenvalue weighted by Gasteiger charge is 2.23. The van der Waals surface area contributed by atoms with E-state index in [9.17, 15) is 18.8 Å². The van der Waals surface area contributed by atoms with Gasteiger partial charge in [-0.25, -0.2) is 9.37 Å². The Kier molecular flexibility index (Phi) is 8.13. The van der Waals surface area contributed by atoms with Gasteiger partial charge < -0.3 is 15.5 Å². The minimum atomic E-state index is -0.530. The summed E-state index contributed by atoms with van der Waals surface area (Å²) in [6.07, 6.45) is -0.0795. The van der Waals surface area contributed by atoms with Crippen LogP contribution in [0.4, 0.5) is 15.2 Å². The first-order valence-corrected chi connectivity index (χ1v) is 11.3. The number of hydrogen-bond acceptors (Lipinski definition) is 5. The van der Waals surface area contributed by atoms with Gasteiger partial charge in [0.05, 0.1) is 28.4 Å². The number of thiazole rings is 1. The second-order valence-corrected chi connectivity index (χ2v) is 8.67. The number of hydrogen-bond donors (Lipinski definition) is 2. The Morgan fingerprint density at radius 2 is 1.76 bits per heavy atom. The Bertz CT molecular complexity index is 1170. The normalized spacial score (nSPS) is 10.7. The Morgan fingerprint density at radius 3 is 2.45 bits per heavy atom. The molecule has 0 fully saturated rings. The third-order valence-electron chi connectivity index (χ3n) is 4.59. The Balaban J connectivity index is 1.59. The minimum absolute atomic E-state index is 0.0795. The fourth-order valence-corrected chi connectivity index (χ4v) is 3.90. The number of benzene rings is 2. The topological polar surface area (TPSA) is 91.4 Å². The Labute approximate surface area is 199 Å². The zero-order valence-electron chi connectivity index (χ0n) is 18.0. The molecule has 0 saturated carbocycles. The van der Waals surface area contributed by atoms with Gasteiger partial charge in [0, 0.05) is 11.4 Å². The molecule has 0 aliphatic heterocycles. The molecule has 2 aromatic carbocycles. The van der Waals surface area contributed by atoms with Crippen LogP contribution in [0.1, 0.15) is 29.9 Å². The lowest BCUT2D eigenvalue weighted by molar-refractivity contribution is -0.117. The van der Waals surface area contributed by atoms with Gasteiger partial charge in [0.2, 0.25) is 11.8 Å². The van der Waals surface area contributed by atoms with Crippen LogP contribution in [-0.2, 0) is 16.0 Å². The van der Waals surface area contributed by atoms with Crippen molar-refractivity contribution in [3.63, 3.8) is 0 Å². The summed E-state index contributed by atoms with van der Waals surface area (Å²) >= 11 is 7.28. The highest BCUT2D eigenvalue weighted by atomic mass is 35.5. The molecule has 1 aromatic heterocycles. The summed E-state index contributed by atoms with van der Waals surface area (Å²) in [7, 11) is 0. The molecule has 3 amide bonds. The molecule has 10 heteroatoms. The van der Waals surface area contributed by atoms with E-state index < -0.39 is 17.6 Å². The second-order valence-electron chi connectivity index (χ2n) is 7.40. The standard InChI is InChI=1S/C23H22ClFN4O3S/c1-14(2)29(22(32)16-7-3-4-8-17(16)24)12-21(31)28-23-26-15(13-33-23)11-20(30)27-19-10-6-5-9-18(19)25/h3-10,13-14H,11-12H2,1-2H3,(H,27,30)(H,26,28,31). The van der Waals surface area contributed by atoms with Crippen molar-refractivity contribution in [1.29, 1.82) is 0 Å². The lowest BCUT2D eigenvalue weighted by atomic mass is 10.1. The number of halogens is 2. The van der Waals surface area contributed by atoms with E-state index in [0.717, 1.165) is 11.3 Å². The summed E-state index contributed by atoms with van der Waals surface area (Å²) in [5.41, 5.74) is 0.832. The van der Waals surface area contributed by atoms with Gasteiger partial charge in [-0.05, 0) is 38.1 Å². The number of aromatic nitrogens is 1. The number of anilines is 2. The third kappa shape index (κ3) is 6.59. The van der Waals surface area contributed by atoms with E-state index in [1.807, 2.05) is 0 Å². The first-order chi connectivity index (χ1) is 15.7. The van der Waals surface area contributed by atoms with Gasteiger partial charge in [0.1, 0.15) is 12.4 Å². The number of nitrogens with zero attached hydrogens (tertiary/aromatic N) is 2. The molecule has 0 unspecified atom stereocenters. The van der Waals surface area contributed by atoms with E-state index in [1.54, 1.807) is 49.6 Å². The number of carbonyl (C=O) groups excluding carboxylic acids is 3.